The second kappa shape index (κ2) is 5.03. The maximum atomic E-state index is 12.9. The fourth-order valence-corrected chi connectivity index (χ4v) is 2.25. The Morgan fingerprint density at radius 2 is 1.81 bits per heavy atom. The van der Waals surface area contributed by atoms with Crippen molar-refractivity contribution in [2.45, 2.75) is 10.6 Å². The van der Waals surface area contributed by atoms with Gasteiger partial charge >= 0.3 is 0 Å². The van der Waals surface area contributed by atoms with Gasteiger partial charge < -0.3 is 5.73 Å². The third kappa shape index (κ3) is 2.76. The topological polar surface area (TPSA) is 26.0 Å². The molecule has 0 spiro atoms. The number of nitrogen functional groups attached to an aromatic ring is 1. The van der Waals surface area contributed by atoms with Gasteiger partial charge in [0.2, 0.25) is 0 Å². The summed E-state index contributed by atoms with van der Waals surface area (Å²) in [6.07, 6.45) is 0. The van der Waals surface area contributed by atoms with Gasteiger partial charge in [0.25, 0.3) is 0 Å². The van der Waals surface area contributed by atoms with E-state index in [0.29, 0.717) is 0 Å². The molecule has 0 heterocycles. The lowest BCUT2D eigenvalue weighted by molar-refractivity contribution is 0.631. The summed E-state index contributed by atoms with van der Waals surface area (Å²) >= 11 is 1.65. The summed E-state index contributed by atoms with van der Waals surface area (Å²) in [5, 5.41) is 0. The van der Waals surface area contributed by atoms with Crippen molar-refractivity contribution in [2.75, 3.05) is 5.73 Å². The zero-order chi connectivity index (χ0) is 11.4. The fraction of sp³-hybridized carbons (Fsp3) is 0.0769. The standard InChI is InChI=1S/C13H12FNS/c14-12-7-6-11(8-13(12)15)16-9-10-4-2-1-3-5-10/h1-8H,9,15H2. The van der Waals surface area contributed by atoms with Gasteiger partial charge in [-0.25, -0.2) is 4.39 Å². The van der Waals surface area contributed by atoms with Gasteiger partial charge in [-0.2, -0.15) is 0 Å². The molecule has 16 heavy (non-hydrogen) atoms. The Labute approximate surface area is 98.5 Å². The third-order valence-corrected chi connectivity index (χ3v) is 3.28. The summed E-state index contributed by atoms with van der Waals surface area (Å²) < 4.78 is 12.9. The van der Waals surface area contributed by atoms with Crippen molar-refractivity contribution >= 4 is 17.4 Å². The van der Waals surface area contributed by atoms with Crippen LogP contribution in [0.2, 0.25) is 0 Å². The molecule has 0 atom stereocenters. The number of halogens is 1. The summed E-state index contributed by atoms with van der Waals surface area (Å²) in [7, 11) is 0. The van der Waals surface area contributed by atoms with Crippen molar-refractivity contribution in [3.63, 3.8) is 0 Å². The molecule has 2 N–H and O–H groups in total. The molecule has 2 aromatic carbocycles. The van der Waals surface area contributed by atoms with E-state index >= 15 is 0 Å². The lowest BCUT2D eigenvalue weighted by Gasteiger charge is -2.03. The van der Waals surface area contributed by atoms with Crippen LogP contribution in [-0.4, -0.2) is 0 Å². The first-order valence-corrected chi connectivity index (χ1v) is 5.96. The zero-order valence-corrected chi connectivity index (χ0v) is 9.51. The molecular weight excluding hydrogens is 221 g/mol. The van der Waals surface area contributed by atoms with E-state index in [1.165, 1.54) is 11.6 Å². The van der Waals surface area contributed by atoms with E-state index in [2.05, 4.69) is 12.1 Å². The lowest BCUT2D eigenvalue weighted by Crippen LogP contribution is -1.90. The average molecular weight is 233 g/mol. The second-order valence-corrected chi connectivity index (χ2v) is 4.51. The molecule has 82 valence electrons. The van der Waals surface area contributed by atoms with E-state index < -0.39 is 0 Å². The monoisotopic (exact) mass is 233 g/mol. The van der Waals surface area contributed by atoms with Crippen molar-refractivity contribution < 1.29 is 4.39 Å². The molecule has 0 amide bonds. The van der Waals surface area contributed by atoms with Crippen LogP contribution in [0.25, 0.3) is 0 Å². The average Bonchev–Trinajstić information content (AvgIpc) is 2.32. The summed E-state index contributed by atoms with van der Waals surface area (Å²) in [6, 6.07) is 15.0. The highest BCUT2D eigenvalue weighted by Gasteiger charge is 2.00. The van der Waals surface area contributed by atoms with Crippen LogP contribution < -0.4 is 5.73 Å². The van der Waals surface area contributed by atoms with Gasteiger partial charge in [-0.05, 0) is 23.8 Å². The Balaban J connectivity index is 2.03. The molecule has 0 bridgehead atoms. The highest BCUT2D eigenvalue weighted by Crippen LogP contribution is 2.25. The van der Waals surface area contributed by atoms with Gasteiger partial charge in [0.15, 0.2) is 0 Å². The van der Waals surface area contributed by atoms with Gasteiger partial charge in [0.1, 0.15) is 5.82 Å². The van der Waals surface area contributed by atoms with Crippen LogP contribution in [0.5, 0.6) is 0 Å². The number of anilines is 1. The van der Waals surface area contributed by atoms with E-state index in [1.54, 1.807) is 23.9 Å². The fourth-order valence-electron chi connectivity index (χ4n) is 1.35. The van der Waals surface area contributed by atoms with Gasteiger partial charge in [0, 0.05) is 10.6 Å². The van der Waals surface area contributed by atoms with E-state index in [9.17, 15) is 4.39 Å². The summed E-state index contributed by atoms with van der Waals surface area (Å²) in [5.41, 5.74) is 6.95. The molecule has 0 aromatic heterocycles. The predicted octanol–water partition coefficient (Wildman–Crippen LogP) is 3.70. The summed E-state index contributed by atoms with van der Waals surface area (Å²) in [5.74, 6) is 0.510. The number of hydrogen-bond donors (Lipinski definition) is 1. The third-order valence-electron chi connectivity index (χ3n) is 2.22. The first kappa shape index (κ1) is 11.0. The van der Waals surface area contributed by atoms with Crippen LogP contribution >= 0.6 is 11.8 Å². The number of rotatable bonds is 3. The Bertz CT molecular complexity index is 471. The minimum Gasteiger partial charge on any atom is -0.396 e. The predicted molar refractivity (Wildman–Crippen MR) is 66.8 cm³/mol. The van der Waals surface area contributed by atoms with E-state index in [1.807, 2.05) is 18.2 Å². The van der Waals surface area contributed by atoms with E-state index in [0.717, 1.165) is 10.6 Å². The van der Waals surface area contributed by atoms with Crippen LogP contribution in [0.4, 0.5) is 10.1 Å². The normalized spacial score (nSPS) is 10.3. The quantitative estimate of drug-likeness (QED) is 0.646. The molecule has 0 unspecified atom stereocenters. The van der Waals surface area contributed by atoms with Gasteiger partial charge in [-0.3, -0.25) is 0 Å². The number of benzene rings is 2. The molecule has 0 radical (unpaired) electrons. The molecule has 0 fully saturated rings. The second-order valence-electron chi connectivity index (χ2n) is 3.46. The summed E-state index contributed by atoms with van der Waals surface area (Å²) in [6.45, 7) is 0. The maximum absolute atomic E-state index is 12.9. The highest BCUT2D eigenvalue weighted by atomic mass is 32.2. The zero-order valence-electron chi connectivity index (χ0n) is 8.69. The smallest absolute Gasteiger partial charge is 0.146 e. The van der Waals surface area contributed by atoms with Crippen LogP contribution in [-0.2, 0) is 5.75 Å². The molecular formula is C13H12FNS. The first-order chi connectivity index (χ1) is 7.75. The van der Waals surface area contributed by atoms with Crippen molar-refractivity contribution in [2.24, 2.45) is 0 Å². The minimum atomic E-state index is -0.357. The Morgan fingerprint density at radius 3 is 2.50 bits per heavy atom. The van der Waals surface area contributed by atoms with Crippen molar-refractivity contribution in [1.82, 2.24) is 0 Å². The Hall–Kier alpha value is -1.48. The minimum absolute atomic E-state index is 0.207. The lowest BCUT2D eigenvalue weighted by atomic mass is 10.2. The SMILES string of the molecule is Nc1cc(SCc2ccccc2)ccc1F. The molecule has 0 saturated heterocycles. The Morgan fingerprint density at radius 1 is 1.06 bits per heavy atom. The molecule has 2 aromatic rings. The van der Waals surface area contributed by atoms with Gasteiger partial charge in [-0.15, -0.1) is 11.8 Å². The largest absolute Gasteiger partial charge is 0.396 e. The molecule has 2 rings (SSSR count). The van der Waals surface area contributed by atoms with Crippen molar-refractivity contribution in [1.29, 1.82) is 0 Å². The Kier molecular flexibility index (Phi) is 3.47. The first-order valence-electron chi connectivity index (χ1n) is 4.97. The van der Waals surface area contributed by atoms with Gasteiger partial charge in [0.05, 0.1) is 5.69 Å². The van der Waals surface area contributed by atoms with Gasteiger partial charge in [-0.1, -0.05) is 30.3 Å². The van der Waals surface area contributed by atoms with E-state index in [-0.39, 0.29) is 11.5 Å². The van der Waals surface area contributed by atoms with Crippen LogP contribution in [0.3, 0.4) is 0 Å². The molecule has 1 nitrogen and oxygen atoms in total. The van der Waals surface area contributed by atoms with Crippen LogP contribution in [0, 0.1) is 5.82 Å². The molecule has 3 heteroatoms. The maximum Gasteiger partial charge on any atom is 0.146 e. The van der Waals surface area contributed by atoms with E-state index in [4.69, 9.17) is 5.73 Å². The summed E-state index contributed by atoms with van der Waals surface area (Å²) in [4.78, 5) is 0.989. The number of nitrogens with two attached hydrogens (primary N) is 1. The molecule has 0 saturated carbocycles. The number of thioether (sulfide) groups is 1. The van der Waals surface area contributed by atoms with Crippen LogP contribution in [0.1, 0.15) is 5.56 Å². The van der Waals surface area contributed by atoms with Crippen LogP contribution in [0.15, 0.2) is 53.4 Å². The molecule has 0 aliphatic heterocycles. The number of hydrogen-bond acceptors (Lipinski definition) is 2. The van der Waals surface area contributed by atoms with Crippen molar-refractivity contribution in [3.8, 4) is 0 Å². The highest BCUT2D eigenvalue weighted by molar-refractivity contribution is 7.98. The van der Waals surface area contributed by atoms with Crippen molar-refractivity contribution in [3.05, 3.63) is 59.9 Å². The molecule has 0 aliphatic rings. The molecule has 0 aliphatic carbocycles.